The van der Waals surface area contributed by atoms with Gasteiger partial charge in [-0.2, -0.15) is 0 Å². The summed E-state index contributed by atoms with van der Waals surface area (Å²) in [5, 5.41) is 30.6. The molecule has 0 radical (unpaired) electrons. The number of carbonyl (C=O) groups is 2. The minimum atomic E-state index is -0.976. The van der Waals surface area contributed by atoms with Crippen LogP contribution in [0.5, 0.6) is 0 Å². The standard InChI is InChI=1S/C27H45NO5/c1-16(5-8-23(31)28(4)15-24(32)33)19-6-7-20-25-21(10-12-27(19,20)3)26(2)11-9-18(29)13-17(26)14-22(25)30/h16-22,25,29-30H,5-15H2,1-4H3,(H,32,33)/t16-,17+,18-,19-,20?,21?,22-,25?,26+,27-/m1/s1. The predicted octanol–water partition coefficient (Wildman–Crippen LogP) is 3.94. The SMILES string of the molecule is C[C@H](CCC(=O)N(C)CC(=O)O)[C@H]1CCC2C3C(CC[C@@]21C)[C@@]1(C)CC[C@@H](O)C[C@H]1C[C@H]3O. The first-order valence-corrected chi connectivity index (χ1v) is 13.3. The van der Waals surface area contributed by atoms with Gasteiger partial charge >= 0.3 is 5.97 Å². The summed E-state index contributed by atoms with van der Waals surface area (Å²) in [6.45, 7) is 6.93. The van der Waals surface area contributed by atoms with Gasteiger partial charge in [0.05, 0.1) is 12.2 Å². The molecule has 0 saturated heterocycles. The Bertz CT molecular complexity index is 757. The smallest absolute Gasteiger partial charge is 0.323 e. The lowest BCUT2D eigenvalue weighted by Gasteiger charge is -2.62. The van der Waals surface area contributed by atoms with E-state index in [9.17, 15) is 19.8 Å². The molecule has 1 amide bonds. The van der Waals surface area contributed by atoms with Crippen LogP contribution in [0.25, 0.3) is 0 Å². The van der Waals surface area contributed by atoms with Gasteiger partial charge in [-0.3, -0.25) is 9.59 Å². The zero-order valence-electron chi connectivity index (χ0n) is 21.0. The summed E-state index contributed by atoms with van der Waals surface area (Å²) >= 11 is 0. The molecule has 6 nitrogen and oxygen atoms in total. The average Bonchev–Trinajstić information content (AvgIpc) is 3.09. The summed E-state index contributed by atoms with van der Waals surface area (Å²) in [6.07, 6.45) is 9.10. The third-order valence-corrected chi connectivity index (χ3v) is 11.0. The third kappa shape index (κ3) is 4.35. The molecule has 4 aliphatic rings. The minimum absolute atomic E-state index is 0.0891. The van der Waals surface area contributed by atoms with Gasteiger partial charge in [-0.15, -0.1) is 0 Å². The van der Waals surface area contributed by atoms with E-state index in [1.807, 2.05) is 0 Å². The van der Waals surface area contributed by atoms with Crippen LogP contribution in [-0.4, -0.2) is 57.9 Å². The Kier molecular flexibility index (Phi) is 6.92. The normalized spacial score (nSPS) is 45.5. The maximum Gasteiger partial charge on any atom is 0.323 e. The van der Waals surface area contributed by atoms with E-state index in [2.05, 4.69) is 20.8 Å². The van der Waals surface area contributed by atoms with Crippen molar-refractivity contribution >= 4 is 11.9 Å². The van der Waals surface area contributed by atoms with Gasteiger partial charge < -0.3 is 20.2 Å². The number of aliphatic hydroxyl groups excluding tert-OH is 2. The lowest BCUT2D eigenvalue weighted by atomic mass is 9.43. The molecule has 0 spiro atoms. The summed E-state index contributed by atoms with van der Waals surface area (Å²) in [5.41, 5.74) is 0.449. The molecule has 10 atom stereocenters. The van der Waals surface area contributed by atoms with Crippen molar-refractivity contribution in [1.29, 1.82) is 0 Å². The van der Waals surface area contributed by atoms with E-state index in [-0.39, 0.29) is 35.5 Å². The number of aliphatic hydroxyl groups is 2. The number of aliphatic carboxylic acids is 1. The highest BCUT2D eigenvalue weighted by Crippen LogP contribution is 2.68. The molecule has 0 aliphatic heterocycles. The van der Waals surface area contributed by atoms with E-state index in [1.165, 1.54) is 24.2 Å². The van der Waals surface area contributed by atoms with E-state index < -0.39 is 5.97 Å². The van der Waals surface area contributed by atoms with E-state index in [4.69, 9.17) is 5.11 Å². The average molecular weight is 464 g/mol. The summed E-state index contributed by atoms with van der Waals surface area (Å²) in [6, 6.07) is 0. The Hall–Kier alpha value is -1.14. The number of rotatable bonds is 6. The Morgan fingerprint density at radius 2 is 1.67 bits per heavy atom. The van der Waals surface area contributed by atoms with Crippen molar-refractivity contribution in [2.45, 2.75) is 97.2 Å². The van der Waals surface area contributed by atoms with Crippen LogP contribution < -0.4 is 0 Å². The van der Waals surface area contributed by atoms with Gasteiger partial charge in [0.15, 0.2) is 0 Å². The zero-order valence-corrected chi connectivity index (χ0v) is 21.0. The predicted molar refractivity (Wildman–Crippen MR) is 126 cm³/mol. The van der Waals surface area contributed by atoms with Crippen LogP contribution in [0.1, 0.15) is 85.0 Å². The Morgan fingerprint density at radius 3 is 2.36 bits per heavy atom. The van der Waals surface area contributed by atoms with Gasteiger partial charge in [0, 0.05) is 13.5 Å². The second-order valence-electron chi connectivity index (χ2n) is 12.6. The molecule has 6 heteroatoms. The highest BCUT2D eigenvalue weighted by molar-refractivity contribution is 5.80. The maximum atomic E-state index is 12.4. The molecule has 4 fully saturated rings. The highest BCUT2D eigenvalue weighted by atomic mass is 16.4. The summed E-state index contributed by atoms with van der Waals surface area (Å²) in [7, 11) is 1.57. The first kappa shape index (κ1) is 25.0. The van der Waals surface area contributed by atoms with Crippen LogP contribution in [0, 0.1) is 46.3 Å². The van der Waals surface area contributed by atoms with Gasteiger partial charge in [0.1, 0.15) is 6.54 Å². The molecule has 4 rings (SSSR count). The molecular formula is C27H45NO5. The molecule has 4 saturated carbocycles. The number of hydrogen-bond donors (Lipinski definition) is 3. The van der Waals surface area contributed by atoms with Gasteiger partial charge in [-0.1, -0.05) is 20.8 Å². The number of likely N-dealkylation sites (N-methyl/N-ethyl adjacent to an activating group) is 1. The van der Waals surface area contributed by atoms with Crippen molar-refractivity contribution in [3.8, 4) is 0 Å². The number of hydrogen-bond acceptors (Lipinski definition) is 4. The van der Waals surface area contributed by atoms with Crippen molar-refractivity contribution in [2.24, 2.45) is 46.3 Å². The van der Waals surface area contributed by atoms with Crippen LogP contribution in [0.4, 0.5) is 0 Å². The fourth-order valence-corrected chi connectivity index (χ4v) is 9.21. The van der Waals surface area contributed by atoms with E-state index in [0.29, 0.717) is 41.9 Å². The molecule has 3 unspecified atom stereocenters. The summed E-state index contributed by atoms with van der Waals surface area (Å²) in [5.74, 6) is 1.78. The monoisotopic (exact) mass is 463 g/mol. The lowest BCUT2D eigenvalue weighted by molar-refractivity contribution is -0.174. The maximum absolute atomic E-state index is 12.4. The Labute approximate surface area is 199 Å². The second-order valence-corrected chi connectivity index (χ2v) is 12.6. The van der Waals surface area contributed by atoms with Crippen LogP contribution in [0.15, 0.2) is 0 Å². The molecule has 0 heterocycles. The van der Waals surface area contributed by atoms with Gasteiger partial charge in [-0.25, -0.2) is 0 Å². The van der Waals surface area contributed by atoms with Crippen molar-refractivity contribution in [1.82, 2.24) is 4.90 Å². The number of amides is 1. The molecule has 188 valence electrons. The van der Waals surface area contributed by atoms with E-state index >= 15 is 0 Å². The molecule has 4 aliphatic carbocycles. The number of carbonyl (C=O) groups excluding carboxylic acids is 1. The fourth-order valence-electron chi connectivity index (χ4n) is 9.21. The summed E-state index contributed by atoms with van der Waals surface area (Å²) < 4.78 is 0. The Balaban J connectivity index is 1.44. The minimum Gasteiger partial charge on any atom is -0.480 e. The largest absolute Gasteiger partial charge is 0.480 e. The van der Waals surface area contributed by atoms with E-state index in [0.717, 1.165) is 38.5 Å². The topological polar surface area (TPSA) is 98.1 Å². The van der Waals surface area contributed by atoms with Crippen molar-refractivity contribution < 1.29 is 24.9 Å². The quantitative estimate of drug-likeness (QED) is 0.554. The fraction of sp³-hybridized carbons (Fsp3) is 0.926. The van der Waals surface area contributed by atoms with Crippen molar-refractivity contribution in [3.63, 3.8) is 0 Å². The van der Waals surface area contributed by atoms with Gasteiger partial charge in [0.2, 0.25) is 5.91 Å². The molecule has 0 bridgehead atoms. The number of carboxylic acid groups (broad SMARTS) is 1. The number of fused-ring (bicyclic) bond motifs is 5. The zero-order chi connectivity index (χ0) is 24.1. The number of nitrogens with zero attached hydrogens (tertiary/aromatic N) is 1. The van der Waals surface area contributed by atoms with Crippen LogP contribution >= 0.6 is 0 Å². The van der Waals surface area contributed by atoms with Crippen LogP contribution in [0.2, 0.25) is 0 Å². The summed E-state index contributed by atoms with van der Waals surface area (Å²) in [4.78, 5) is 24.6. The molecule has 0 aromatic carbocycles. The lowest BCUT2D eigenvalue weighted by Crippen LogP contribution is -2.58. The molecule has 3 N–H and O–H groups in total. The molecule has 0 aromatic rings. The molecule has 33 heavy (non-hydrogen) atoms. The van der Waals surface area contributed by atoms with E-state index in [1.54, 1.807) is 7.05 Å². The number of carboxylic acids is 1. The van der Waals surface area contributed by atoms with Gasteiger partial charge in [0.25, 0.3) is 0 Å². The first-order chi connectivity index (χ1) is 15.5. The Morgan fingerprint density at radius 1 is 1.00 bits per heavy atom. The van der Waals surface area contributed by atoms with Crippen LogP contribution in [-0.2, 0) is 9.59 Å². The molecule has 0 aromatic heterocycles. The highest BCUT2D eigenvalue weighted by Gasteiger charge is 2.62. The second kappa shape index (κ2) is 9.14. The van der Waals surface area contributed by atoms with Gasteiger partial charge in [-0.05, 0) is 104 Å². The van der Waals surface area contributed by atoms with Crippen molar-refractivity contribution in [3.05, 3.63) is 0 Å². The molecular weight excluding hydrogens is 418 g/mol. The van der Waals surface area contributed by atoms with Crippen molar-refractivity contribution in [2.75, 3.05) is 13.6 Å². The van der Waals surface area contributed by atoms with Crippen LogP contribution in [0.3, 0.4) is 0 Å². The first-order valence-electron chi connectivity index (χ1n) is 13.3. The third-order valence-electron chi connectivity index (χ3n) is 11.0.